The molecule has 0 bridgehead atoms. The summed E-state index contributed by atoms with van der Waals surface area (Å²) in [4.78, 5) is 21.4. The van der Waals surface area contributed by atoms with Gasteiger partial charge in [-0.1, -0.05) is 11.3 Å². The molecule has 2 atom stereocenters. The summed E-state index contributed by atoms with van der Waals surface area (Å²) >= 11 is 1.36. The van der Waals surface area contributed by atoms with Gasteiger partial charge in [0.2, 0.25) is 0 Å². The zero-order chi connectivity index (χ0) is 14.3. The average Bonchev–Trinajstić information content (AvgIpc) is 3.03. The highest BCUT2D eigenvalue weighted by Crippen LogP contribution is 2.33. The van der Waals surface area contributed by atoms with E-state index in [1.807, 2.05) is 23.9 Å². The third kappa shape index (κ3) is 2.25. The molecule has 7 heteroatoms. The van der Waals surface area contributed by atoms with Gasteiger partial charge in [-0.2, -0.15) is 0 Å². The van der Waals surface area contributed by atoms with Crippen LogP contribution in [0.15, 0.2) is 0 Å². The first-order chi connectivity index (χ1) is 9.58. The van der Waals surface area contributed by atoms with E-state index in [-0.39, 0.29) is 18.1 Å². The molecule has 2 heterocycles. The number of nitrogens with two attached hydrogens (primary N) is 1. The maximum atomic E-state index is 12.7. The molecule has 0 spiro atoms. The second kappa shape index (κ2) is 5.21. The summed E-state index contributed by atoms with van der Waals surface area (Å²) in [6.07, 6.45) is 3.40. The number of ether oxygens (including phenoxy) is 1. The van der Waals surface area contributed by atoms with Crippen molar-refractivity contribution < 1.29 is 9.53 Å². The van der Waals surface area contributed by atoms with E-state index in [9.17, 15) is 4.79 Å². The quantitative estimate of drug-likeness (QED) is 0.887. The summed E-state index contributed by atoms with van der Waals surface area (Å²) in [6, 6.07) is 0.209. The second-order valence-corrected chi connectivity index (χ2v) is 6.49. The molecule has 2 N–H and O–H groups in total. The van der Waals surface area contributed by atoms with Crippen LogP contribution in [0.25, 0.3) is 0 Å². The van der Waals surface area contributed by atoms with E-state index in [0.29, 0.717) is 23.8 Å². The molecule has 1 aliphatic heterocycles. The van der Waals surface area contributed by atoms with Crippen LogP contribution in [-0.2, 0) is 4.74 Å². The van der Waals surface area contributed by atoms with Crippen LogP contribution < -0.4 is 10.6 Å². The number of rotatable bonds is 2. The lowest BCUT2D eigenvalue weighted by atomic mass is 10.1. The number of amides is 1. The average molecular weight is 296 g/mol. The maximum absolute atomic E-state index is 12.7. The number of aromatic nitrogens is 1. The summed E-state index contributed by atoms with van der Waals surface area (Å²) in [7, 11) is 3.79. The van der Waals surface area contributed by atoms with Crippen molar-refractivity contribution in [1.82, 2.24) is 9.88 Å². The zero-order valence-corrected chi connectivity index (χ0v) is 12.7. The Labute approximate surface area is 122 Å². The third-order valence-corrected chi connectivity index (χ3v) is 5.19. The first-order valence-corrected chi connectivity index (χ1v) is 7.76. The van der Waals surface area contributed by atoms with E-state index in [4.69, 9.17) is 10.5 Å². The van der Waals surface area contributed by atoms with Gasteiger partial charge in [0.1, 0.15) is 10.7 Å². The summed E-state index contributed by atoms with van der Waals surface area (Å²) in [5, 5.41) is 0.766. The first kappa shape index (κ1) is 13.6. The Hall–Kier alpha value is -1.34. The van der Waals surface area contributed by atoms with Gasteiger partial charge >= 0.3 is 0 Å². The summed E-state index contributed by atoms with van der Waals surface area (Å²) in [6.45, 7) is 1.26. The van der Waals surface area contributed by atoms with Crippen molar-refractivity contribution in [3.8, 4) is 0 Å². The smallest absolute Gasteiger partial charge is 0.268 e. The van der Waals surface area contributed by atoms with Crippen molar-refractivity contribution in [2.24, 2.45) is 0 Å². The van der Waals surface area contributed by atoms with Gasteiger partial charge in [-0.05, 0) is 19.3 Å². The highest BCUT2D eigenvalue weighted by molar-refractivity contribution is 7.18. The molecule has 1 aromatic heterocycles. The Morgan fingerprint density at radius 2 is 2.30 bits per heavy atom. The molecule has 2 fully saturated rings. The minimum absolute atomic E-state index is 0.00769. The van der Waals surface area contributed by atoms with Crippen molar-refractivity contribution in [3.63, 3.8) is 0 Å². The van der Waals surface area contributed by atoms with Gasteiger partial charge < -0.3 is 20.3 Å². The molecule has 0 aromatic carbocycles. The number of thiazole rings is 1. The summed E-state index contributed by atoms with van der Waals surface area (Å²) in [5.74, 6) is 0.345. The van der Waals surface area contributed by atoms with Crippen molar-refractivity contribution in [2.45, 2.75) is 31.4 Å². The monoisotopic (exact) mass is 296 g/mol. The fourth-order valence-corrected chi connectivity index (χ4v) is 3.84. The van der Waals surface area contributed by atoms with Crippen LogP contribution in [0.4, 0.5) is 10.9 Å². The molecule has 110 valence electrons. The summed E-state index contributed by atoms with van der Waals surface area (Å²) < 4.78 is 5.75. The standard InChI is InChI=1S/C13H20N4O2S/c1-16(2)13-15-11(14)10(20-13)12(18)17-6-7-19-9-5-3-4-8(9)17/h8-9H,3-7,14H2,1-2H3. The molecule has 2 aliphatic rings. The normalized spacial score (nSPS) is 25.6. The largest absolute Gasteiger partial charge is 0.382 e. The van der Waals surface area contributed by atoms with Gasteiger partial charge in [0.25, 0.3) is 5.91 Å². The van der Waals surface area contributed by atoms with Gasteiger partial charge in [0, 0.05) is 20.6 Å². The number of hydrogen-bond acceptors (Lipinski definition) is 6. The van der Waals surface area contributed by atoms with Crippen LogP contribution in [0.3, 0.4) is 0 Å². The first-order valence-electron chi connectivity index (χ1n) is 6.94. The zero-order valence-electron chi connectivity index (χ0n) is 11.8. The molecule has 1 amide bonds. The Bertz CT molecular complexity index is 516. The Balaban J connectivity index is 1.84. The number of carbonyl (C=O) groups excluding carboxylic acids is 1. The van der Waals surface area contributed by atoms with E-state index < -0.39 is 0 Å². The number of fused-ring (bicyclic) bond motifs is 1. The van der Waals surface area contributed by atoms with Crippen LogP contribution in [0, 0.1) is 0 Å². The molecular weight excluding hydrogens is 276 g/mol. The van der Waals surface area contributed by atoms with Crippen molar-refractivity contribution >= 4 is 28.2 Å². The third-order valence-electron chi connectivity index (χ3n) is 3.96. The highest BCUT2D eigenvalue weighted by atomic mass is 32.1. The fraction of sp³-hybridized carbons (Fsp3) is 0.692. The van der Waals surface area contributed by atoms with Crippen molar-refractivity contribution in [2.75, 3.05) is 37.9 Å². The van der Waals surface area contributed by atoms with E-state index >= 15 is 0 Å². The lowest BCUT2D eigenvalue weighted by Gasteiger charge is -2.37. The molecule has 2 unspecified atom stereocenters. The van der Waals surface area contributed by atoms with Crippen LogP contribution in [0.5, 0.6) is 0 Å². The number of nitrogens with zero attached hydrogens (tertiary/aromatic N) is 3. The van der Waals surface area contributed by atoms with E-state index in [1.54, 1.807) is 0 Å². The number of anilines is 2. The minimum Gasteiger partial charge on any atom is -0.382 e. The number of nitrogen functional groups attached to an aromatic ring is 1. The van der Waals surface area contributed by atoms with Crippen LogP contribution in [-0.4, -0.2) is 55.2 Å². The topological polar surface area (TPSA) is 71.7 Å². The van der Waals surface area contributed by atoms with Crippen LogP contribution in [0.2, 0.25) is 0 Å². The second-order valence-electron chi connectivity index (χ2n) is 5.51. The Morgan fingerprint density at radius 1 is 1.50 bits per heavy atom. The predicted molar refractivity (Wildman–Crippen MR) is 79.3 cm³/mol. The molecule has 1 aromatic rings. The Kier molecular flexibility index (Phi) is 3.55. The maximum Gasteiger partial charge on any atom is 0.268 e. The van der Waals surface area contributed by atoms with Gasteiger partial charge in [0.05, 0.1) is 18.8 Å². The molecule has 1 saturated heterocycles. The lowest BCUT2D eigenvalue weighted by Crippen LogP contribution is -2.51. The number of hydrogen-bond donors (Lipinski definition) is 1. The fourth-order valence-electron chi connectivity index (χ4n) is 2.97. The van der Waals surface area contributed by atoms with Crippen molar-refractivity contribution in [3.05, 3.63) is 4.88 Å². The molecule has 0 radical (unpaired) electrons. The van der Waals surface area contributed by atoms with Crippen LogP contribution >= 0.6 is 11.3 Å². The summed E-state index contributed by atoms with van der Waals surface area (Å²) in [5.41, 5.74) is 5.92. The molecule has 1 aliphatic carbocycles. The van der Waals surface area contributed by atoms with Gasteiger partial charge in [-0.3, -0.25) is 4.79 Å². The van der Waals surface area contributed by atoms with Gasteiger partial charge in [-0.25, -0.2) is 4.98 Å². The van der Waals surface area contributed by atoms with Crippen molar-refractivity contribution in [1.29, 1.82) is 0 Å². The number of morpholine rings is 1. The van der Waals surface area contributed by atoms with Crippen LogP contribution in [0.1, 0.15) is 28.9 Å². The van der Waals surface area contributed by atoms with Gasteiger partial charge in [0.15, 0.2) is 5.13 Å². The van der Waals surface area contributed by atoms with E-state index in [1.165, 1.54) is 11.3 Å². The lowest BCUT2D eigenvalue weighted by molar-refractivity contribution is -0.0443. The van der Waals surface area contributed by atoms with E-state index in [2.05, 4.69) is 4.98 Å². The molecule has 6 nitrogen and oxygen atoms in total. The van der Waals surface area contributed by atoms with Gasteiger partial charge in [-0.15, -0.1) is 0 Å². The highest BCUT2D eigenvalue weighted by Gasteiger charge is 2.39. The van der Waals surface area contributed by atoms with E-state index in [0.717, 1.165) is 24.4 Å². The Morgan fingerprint density at radius 3 is 3.00 bits per heavy atom. The minimum atomic E-state index is 0.00769. The predicted octanol–water partition coefficient (Wildman–Crippen LogP) is 1.18. The molecular formula is C13H20N4O2S. The molecule has 1 saturated carbocycles. The molecule has 20 heavy (non-hydrogen) atoms. The SMILES string of the molecule is CN(C)c1nc(N)c(C(=O)N2CCOC3CCCC32)s1. The number of carbonyl (C=O) groups is 1. The molecule has 3 rings (SSSR count).